The molecule has 1 fully saturated rings. The van der Waals surface area contributed by atoms with Crippen LogP contribution in [-0.4, -0.2) is 38.6 Å². The zero-order valence-electron chi connectivity index (χ0n) is 11.1. The summed E-state index contributed by atoms with van der Waals surface area (Å²) in [6, 6.07) is 1.24. The number of H-pyrrole nitrogens is 1. The van der Waals surface area contributed by atoms with Crippen LogP contribution >= 0.6 is 10.7 Å². The largest absolute Gasteiger partial charge is 0.381 e. The summed E-state index contributed by atoms with van der Waals surface area (Å²) in [6.07, 6.45) is 3.03. The molecule has 2 heterocycles. The van der Waals surface area contributed by atoms with Crippen LogP contribution in [0.5, 0.6) is 0 Å². The number of carbonyl (C=O) groups excluding carboxylic acids is 1. The molecule has 1 unspecified atom stereocenters. The molecule has 1 aliphatic heterocycles. The molecule has 0 aliphatic carbocycles. The zero-order chi connectivity index (χ0) is 14.8. The first-order valence-corrected chi connectivity index (χ1v) is 8.70. The Morgan fingerprint density at radius 2 is 2.15 bits per heavy atom. The van der Waals surface area contributed by atoms with Gasteiger partial charge >= 0.3 is 0 Å². The van der Waals surface area contributed by atoms with Gasteiger partial charge in [0.1, 0.15) is 10.6 Å². The van der Waals surface area contributed by atoms with E-state index in [0.29, 0.717) is 19.1 Å². The Hall–Kier alpha value is -1.05. The molecule has 1 aromatic heterocycles. The van der Waals surface area contributed by atoms with Crippen molar-refractivity contribution >= 4 is 25.6 Å². The molecule has 112 valence electrons. The number of carbonyl (C=O) groups is 1. The lowest BCUT2D eigenvalue weighted by molar-refractivity contribution is 0.0537. The summed E-state index contributed by atoms with van der Waals surface area (Å²) in [5.74, 6) is 0.0365. The molecule has 0 radical (unpaired) electrons. The van der Waals surface area contributed by atoms with E-state index in [9.17, 15) is 13.2 Å². The number of rotatable bonds is 4. The van der Waals surface area contributed by atoms with Crippen LogP contribution < -0.4 is 5.32 Å². The Morgan fingerprint density at radius 3 is 2.70 bits per heavy atom. The Balaban J connectivity index is 1.99. The van der Waals surface area contributed by atoms with E-state index in [2.05, 4.69) is 10.3 Å². The molecule has 1 amide bonds. The van der Waals surface area contributed by atoms with Crippen LogP contribution in [0.25, 0.3) is 0 Å². The van der Waals surface area contributed by atoms with Gasteiger partial charge in [-0.15, -0.1) is 0 Å². The highest BCUT2D eigenvalue weighted by molar-refractivity contribution is 8.13. The average Bonchev–Trinajstić information content (AvgIpc) is 2.89. The van der Waals surface area contributed by atoms with Crippen molar-refractivity contribution in [1.29, 1.82) is 0 Å². The van der Waals surface area contributed by atoms with E-state index < -0.39 is 9.05 Å². The van der Waals surface area contributed by atoms with Crippen LogP contribution in [0.2, 0.25) is 0 Å². The Kier molecular flexibility index (Phi) is 4.72. The summed E-state index contributed by atoms with van der Waals surface area (Å²) >= 11 is 0. The molecule has 8 heteroatoms. The lowest BCUT2D eigenvalue weighted by atomic mass is 9.93. The summed E-state index contributed by atoms with van der Waals surface area (Å²) in [5.41, 5.74) is 0.183. The van der Waals surface area contributed by atoms with Crippen LogP contribution in [0, 0.1) is 5.92 Å². The number of nitrogens with one attached hydrogen (secondary N) is 2. The quantitative estimate of drug-likeness (QED) is 0.823. The molecular weight excluding hydrogens is 304 g/mol. The third kappa shape index (κ3) is 3.74. The topological polar surface area (TPSA) is 88.3 Å². The highest BCUT2D eigenvalue weighted by Gasteiger charge is 2.23. The first-order chi connectivity index (χ1) is 9.38. The zero-order valence-corrected chi connectivity index (χ0v) is 12.6. The number of amides is 1. The molecule has 2 N–H and O–H groups in total. The molecule has 20 heavy (non-hydrogen) atoms. The van der Waals surface area contributed by atoms with Gasteiger partial charge in [-0.25, -0.2) is 8.42 Å². The summed E-state index contributed by atoms with van der Waals surface area (Å²) < 4.78 is 27.6. The molecule has 0 saturated carbocycles. The first-order valence-electron chi connectivity index (χ1n) is 6.39. The second kappa shape index (κ2) is 6.15. The minimum Gasteiger partial charge on any atom is -0.381 e. The fraction of sp³-hybridized carbons (Fsp3) is 0.583. The molecule has 1 aromatic rings. The third-order valence-corrected chi connectivity index (χ3v) is 4.85. The summed E-state index contributed by atoms with van der Waals surface area (Å²) in [6.45, 7) is 3.36. The van der Waals surface area contributed by atoms with Gasteiger partial charge in [-0.3, -0.25) is 4.79 Å². The highest BCUT2D eigenvalue weighted by Crippen LogP contribution is 2.19. The molecule has 6 nitrogen and oxygen atoms in total. The Morgan fingerprint density at radius 1 is 1.50 bits per heavy atom. The second-order valence-corrected chi connectivity index (χ2v) is 7.46. The molecule has 2 rings (SSSR count). The van der Waals surface area contributed by atoms with Crippen molar-refractivity contribution in [2.75, 3.05) is 13.2 Å². The number of aromatic nitrogens is 1. The van der Waals surface area contributed by atoms with E-state index in [0.717, 1.165) is 12.8 Å². The number of hydrogen-bond donors (Lipinski definition) is 2. The average molecular weight is 321 g/mol. The SMILES string of the molecule is CC(NC(=O)c1cc(S(=O)(=O)Cl)c[nH]1)C1CCOCC1. The normalized spacial score (nSPS) is 18.7. The van der Waals surface area contributed by atoms with Crippen LogP contribution in [0.3, 0.4) is 0 Å². The van der Waals surface area contributed by atoms with E-state index in [1.54, 1.807) is 0 Å². The van der Waals surface area contributed by atoms with Crippen molar-refractivity contribution in [3.05, 3.63) is 18.0 Å². The number of hydrogen-bond acceptors (Lipinski definition) is 4. The van der Waals surface area contributed by atoms with Gasteiger partial charge in [0.25, 0.3) is 15.0 Å². The van der Waals surface area contributed by atoms with Gasteiger partial charge in [-0.2, -0.15) is 0 Å². The van der Waals surface area contributed by atoms with E-state index in [4.69, 9.17) is 15.4 Å². The van der Waals surface area contributed by atoms with Gasteiger partial charge in [-0.1, -0.05) is 0 Å². The predicted octanol–water partition coefficient (Wildman–Crippen LogP) is 1.49. The van der Waals surface area contributed by atoms with Crippen molar-refractivity contribution in [2.24, 2.45) is 5.92 Å². The van der Waals surface area contributed by atoms with Crippen molar-refractivity contribution in [3.63, 3.8) is 0 Å². The lowest BCUT2D eigenvalue weighted by Crippen LogP contribution is -2.40. The molecule has 1 aliphatic rings. The van der Waals surface area contributed by atoms with Crippen molar-refractivity contribution < 1.29 is 17.9 Å². The second-order valence-electron chi connectivity index (χ2n) is 4.90. The number of ether oxygens (including phenoxy) is 1. The smallest absolute Gasteiger partial charge is 0.267 e. The van der Waals surface area contributed by atoms with Crippen LogP contribution in [0.1, 0.15) is 30.3 Å². The maximum absolute atomic E-state index is 12.0. The maximum Gasteiger partial charge on any atom is 0.267 e. The molecule has 0 spiro atoms. The summed E-state index contributed by atoms with van der Waals surface area (Å²) in [7, 11) is 1.39. The Bertz CT molecular complexity index is 578. The van der Waals surface area contributed by atoms with Crippen LogP contribution in [0.4, 0.5) is 0 Å². The minimum atomic E-state index is -3.82. The highest BCUT2D eigenvalue weighted by atomic mass is 35.7. The molecule has 1 atom stereocenters. The molecule has 1 saturated heterocycles. The van der Waals surface area contributed by atoms with E-state index in [-0.39, 0.29) is 22.5 Å². The molecule has 0 bridgehead atoms. The predicted molar refractivity (Wildman–Crippen MR) is 74.3 cm³/mol. The van der Waals surface area contributed by atoms with Crippen molar-refractivity contribution in [3.8, 4) is 0 Å². The minimum absolute atomic E-state index is 0.00533. The number of aromatic amines is 1. The summed E-state index contributed by atoms with van der Waals surface area (Å²) in [5, 5.41) is 2.87. The molecular formula is C12H17ClN2O4S. The Labute approximate surface area is 122 Å². The van der Waals surface area contributed by atoms with Crippen molar-refractivity contribution in [1.82, 2.24) is 10.3 Å². The maximum atomic E-state index is 12.0. The third-order valence-electron chi connectivity index (χ3n) is 3.51. The molecule has 0 aromatic carbocycles. The lowest BCUT2D eigenvalue weighted by Gasteiger charge is -2.28. The van der Waals surface area contributed by atoms with E-state index in [1.807, 2.05) is 6.92 Å². The standard InChI is InChI=1S/C12H17ClN2O4S/c1-8(9-2-4-19-5-3-9)15-12(16)11-6-10(7-14-11)20(13,17)18/h6-9,14H,2-5H2,1H3,(H,15,16). The first kappa shape index (κ1) is 15.3. The van der Waals surface area contributed by atoms with E-state index >= 15 is 0 Å². The van der Waals surface area contributed by atoms with E-state index in [1.165, 1.54) is 12.3 Å². The van der Waals surface area contributed by atoms with Gasteiger partial charge in [0.15, 0.2) is 0 Å². The van der Waals surface area contributed by atoms with Gasteiger partial charge in [0.05, 0.1) is 0 Å². The number of halogens is 1. The van der Waals surface area contributed by atoms with Gasteiger partial charge in [0.2, 0.25) is 0 Å². The van der Waals surface area contributed by atoms with Gasteiger partial charge < -0.3 is 15.0 Å². The van der Waals surface area contributed by atoms with Crippen LogP contribution in [0.15, 0.2) is 17.2 Å². The van der Waals surface area contributed by atoms with Gasteiger partial charge in [0, 0.05) is 36.1 Å². The van der Waals surface area contributed by atoms with Crippen molar-refractivity contribution in [2.45, 2.75) is 30.7 Å². The summed E-state index contributed by atoms with van der Waals surface area (Å²) in [4.78, 5) is 14.5. The van der Waals surface area contributed by atoms with Gasteiger partial charge in [-0.05, 0) is 31.7 Å². The monoisotopic (exact) mass is 320 g/mol. The fourth-order valence-corrected chi connectivity index (χ4v) is 2.99. The fourth-order valence-electron chi connectivity index (χ4n) is 2.26. The van der Waals surface area contributed by atoms with Crippen LogP contribution in [-0.2, 0) is 13.8 Å².